The summed E-state index contributed by atoms with van der Waals surface area (Å²) in [6.45, 7) is 0. The Morgan fingerprint density at radius 1 is 0.457 bits per heavy atom. The van der Waals surface area contributed by atoms with Crippen molar-refractivity contribution in [1.82, 2.24) is 0 Å². The van der Waals surface area contributed by atoms with Crippen molar-refractivity contribution in [1.29, 1.82) is 0 Å². The van der Waals surface area contributed by atoms with Crippen molar-refractivity contribution in [2.75, 3.05) is 5.32 Å². The fourth-order valence-electron chi connectivity index (χ4n) is 7.88. The molecule has 0 bridgehead atoms. The second kappa shape index (κ2) is 9.68. The number of rotatable bonds is 3. The van der Waals surface area contributed by atoms with E-state index >= 15 is 0 Å². The Hall–Kier alpha value is -5.64. The van der Waals surface area contributed by atoms with Gasteiger partial charge in [0.2, 0.25) is 0 Å². The highest BCUT2D eigenvalue weighted by molar-refractivity contribution is 7.25. The molecule has 0 radical (unpaired) electrons. The quantitative estimate of drug-likeness (QED) is 0.216. The number of hydrogen-bond donors (Lipinski definition) is 1. The van der Waals surface area contributed by atoms with Crippen molar-refractivity contribution in [3.05, 3.63) is 180 Å². The first-order valence-corrected chi connectivity index (χ1v) is 16.5. The Morgan fingerprint density at radius 2 is 1.09 bits per heavy atom. The van der Waals surface area contributed by atoms with Gasteiger partial charge in [0.25, 0.3) is 0 Å². The third kappa shape index (κ3) is 3.52. The minimum Gasteiger partial charge on any atom is -0.457 e. The molecule has 46 heavy (non-hydrogen) atoms. The van der Waals surface area contributed by atoms with Crippen LogP contribution in [0.3, 0.4) is 0 Å². The summed E-state index contributed by atoms with van der Waals surface area (Å²) in [5, 5.41) is 6.41. The van der Waals surface area contributed by atoms with Crippen LogP contribution >= 0.6 is 11.3 Å². The molecule has 1 aromatic heterocycles. The van der Waals surface area contributed by atoms with Gasteiger partial charge >= 0.3 is 0 Å². The van der Waals surface area contributed by atoms with Crippen LogP contribution in [0.1, 0.15) is 22.3 Å². The third-order valence-corrected chi connectivity index (χ3v) is 10.8. The molecule has 0 amide bonds. The number of para-hydroxylation sites is 1. The molecule has 10 rings (SSSR count). The fourth-order valence-corrected chi connectivity index (χ4v) is 9.01. The lowest BCUT2D eigenvalue weighted by Gasteiger charge is -2.39. The Balaban J connectivity index is 1.12. The van der Waals surface area contributed by atoms with Crippen LogP contribution in [0.2, 0.25) is 0 Å². The summed E-state index contributed by atoms with van der Waals surface area (Å²) < 4.78 is 9.25. The standard InChI is InChI=1S/C43H27NOS/c1-4-17-34-31(13-1)32-14-2-5-18-35(32)43(34)36-19-6-7-20-38(36)45-39-24-23-29(26-37(39)43)44-28-12-9-11-27(25-28)30-16-10-22-41-42(30)33-15-3-8-21-40(33)46-41/h1-26,44H. The van der Waals surface area contributed by atoms with Crippen LogP contribution in [0.5, 0.6) is 11.5 Å². The van der Waals surface area contributed by atoms with Crippen molar-refractivity contribution in [2.24, 2.45) is 0 Å². The molecule has 0 atom stereocenters. The summed E-state index contributed by atoms with van der Waals surface area (Å²) in [6, 6.07) is 56.9. The van der Waals surface area contributed by atoms with Gasteiger partial charge in [-0.1, -0.05) is 109 Å². The molecule has 8 aromatic rings. The van der Waals surface area contributed by atoms with Gasteiger partial charge in [0.05, 0.1) is 5.41 Å². The molecule has 2 heterocycles. The first kappa shape index (κ1) is 25.7. The number of anilines is 2. The zero-order valence-corrected chi connectivity index (χ0v) is 25.6. The third-order valence-electron chi connectivity index (χ3n) is 9.71. The zero-order valence-electron chi connectivity index (χ0n) is 24.8. The zero-order chi connectivity index (χ0) is 30.2. The van der Waals surface area contributed by atoms with Gasteiger partial charge in [-0.25, -0.2) is 0 Å². The van der Waals surface area contributed by atoms with Gasteiger partial charge in [-0.15, -0.1) is 11.3 Å². The monoisotopic (exact) mass is 605 g/mol. The van der Waals surface area contributed by atoms with Crippen molar-refractivity contribution in [2.45, 2.75) is 5.41 Å². The number of thiophene rings is 1. The van der Waals surface area contributed by atoms with Gasteiger partial charge in [-0.3, -0.25) is 0 Å². The Bertz CT molecular complexity index is 2460. The molecule has 2 aliphatic rings. The largest absolute Gasteiger partial charge is 0.457 e. The van der Waals surface area contributed by atoms with Crippen LogP contribution in [-0.2, 0) is 5.41 Å². The van der Waals surface area contributed by atoms with E-state index in [1.54, 1.807) is 0 Å². The smallest absolute Gasteiger partial charge is 0.132 e. The highest BCUT2D eigenvalue weighted by Crippen LogP contribution is 2.62. The van der Waals surface area contributed by atoms with Gasteiger partial charge in [0.1, 0.15) is 11.5 Å². The van der Waals surface area contributed by atoms with Gasteiger partial charge < -0.3 is 10.1 Å². The lowest BCUT2D eigenvalue weighted by Crippen LogP contribution is -2.32. The van der Waals surface area contributed by atoms with Gasteiger partial charge in [-0.2, -0.15) is 0 Å². The van der Waals surface area contributed by atoms with Crippen molar-refractivity contribution in [3.63, 3.8) is 0 Å². The van der Waals surface area contributed by atoms with E-state index in [1.165, 1.54) is 59.1 Å². The van der Waals surface area contributed by atoms with Crippen LogP contribution in [0.25, 0.3) is 42.4 Å². The average molecular weight is 606 g/mol. The average Bonchev–Trinajstić information content (AvgIpc) is 3.63. The number of hydrogen-bond acceptors (Lipinski definition) is 3. The van der Waals surface area contributed by atoms with Gasteiger partial charge in [0.15, 0.2) is 0 Å². The molecule has 0 fully saturated rings. The van der Waals surface area contributed by atoms with Crippen molar-refractivity contribution in [3.8, 4) is 33.8 Å². The fraction of sp³-hybridized carbons (Fsp3) is 0.0233. The topological polar surface area (TPSA) is 21.3 Å². The predicted octanol–water partition coefficient (Wildman–Crippen LogP) is 11.9. The van der Waals surface area contributed by atoms with E-state index < -0.39 is 5.41 Å². The molecule has 0 saturated carbocycles. The molecule has 0 unspecified atom stereocenters. The van der Waals surface area contributed by atoms with E-state index in [4.69, 9.17) is 4.74 Å². The summed E-state index contributed by atoms with van der Waals surface area (Å²) in [4.78, 5) is 0. The highest BCUT2D eigenvalue weighted by atomic mass is 32.1. The minimum absolute atomic E-state index is 0.480. The molecule has 0 saturated heterocycles. The summed E-state index contributed by atoms with van der Waals surface area (Å²) >= 11 is 1.86. The molecule has 3 heteroatoms. The maximum atomic E-state index is 6.62. The van der Waals surface area contributed by atoms with Crippen LogP contribution in [0.15, 0.2) is 158 Å². The Morgan fingerprint density at radius 3 is 1.93 bits per heavy atom. The predicted molar refractivity (Wildman–Crippen MR) is 192 cm³/mol. The van der Waals surface area contributed by atoms with Crippen molar-refractivity contribution < 1.29 is 4.74 Å². The van der Waals surface area contributed by atoms with E-state index in [9.17, 15) is 0 Å². The van der Waals surface area contributed by atoms with Crippen molar-refractivity contribution >= 4 is 42.9 Å². The molecular weight excluding hydrogens is 579 g/mol. The Kier molecular flexibility index (Phi) is 5.40. The molecule has 1 N–H and O–H groups in total. The second-order valence-corrected chi connectivity index (χ2v) is 13.2. The first-order chi connectivity index (χ1) is 22.8. The maximum absolute atomic E-state index is 6.62. The summed E-state index contributed by atoms with van der Waals surface area (Å²) in [5.41, 5.74) is 11.5. The molecule has 7 aromatic carbocycles. The van der Waals surface area contributed by atoms with Gasteiger partial charge in [-0.05, 0) is 81.9 Å². The Labute approximate surface area is 271 Å². The van der Waals surface area contributed by atoms with Crippen LogP contribution in [-0.4, -0.2) is 0 Å². The van der Waals surface area contributed by atoms with Crippen LogP contribution < -0.4 is 10.1 Å². The van der Waals surface area contributed by atoms with E-state index in [0.29, 0.717) is 0 Å². The highest BCUT2D eigenvalue weighted by Gasteiger charge is 2.50. The number of ether oxygens (including phenoxy) is 1. The maximum Gasteiger partial charge on any atom is 0.132 e. The normalized spacial score (nSPS) is 13.6. The van der Waals surface area contributed by atoms with Gasteiger partial charge in [0, 0.05) is 42.7 Å². The summed E-state index contributed by atoms with van der Waals surface area (Å²) in [6.07, 6.45) is 0. The second-order valence-electron chi connectivity index (χ2n) is 12.1. The molecule has 216 valence electrons. The molecule has 1 aliphatic heterocycles. The molecule has 1 aliphatic carbocycles. The van der Waals surface area contributed by atoms with E-state index in [2.05, 4.69) is 163 Å². The molecule has 2 nitrogen and oxygen atoms in total. The lowest BCUT2D eigenvalue weighted by molar-refractivity contribution is 0.436. The van der Waals surface area contributed by atoms with E-state index in [1.807, 2.05) is 11.3 Å². The lowest BCUT2D eigenvalue weighted by atomic mass is 9.66. The SMILES string of the molecule is c1cc(Nc2ccc3c(c2)C2(c4ccccc4O3)c3ccccc3-c3ccccc32)cc(-c2cccc3sc4ccccc4c23)c1. The number of nitrogens with one attached hydrogen (secondary N) is 1. The number of benzene rings is 7. The molecular formula is C43H27NOS. The van der Waals surface area contributed by atoms with E-state index in [0.717, 1.165) is 28.4 Å². The minimum atomic E-state index is -0.480. The summed E-state index contributed by atoms with van der Waals surface area (Å²) in [5.74, 6) is 1.80. The van der Waals surface area contributed by atoms with Crippen LogP contribution in [0.4, 0.5) is 11.4 Å². The number of fused-ring (bicyclic) bond motifs is 12. The molecule has 1 spiro atoms. The summed E-state index contributed by atoms with van der Waals surface area (Å²) in [7, 11) is 0. The first-order valence-electron chi connectivity index (χ1n) is 15.7. The van der Waals surface area contributed by atoms with E-state index in [-0.39, 0.29) is 0 Å². The van der Waals surface area contributed by atoms with Crippen LogP contribution in [0, 0.1) is 0 Å².